The van der Waals surface area contributed by atoms with Gasteiger partial charge in [-0.05, 0) is 38.5 Å². The second kappa shape index (κ2) is 12.7. The predicted octanol–water partition coefficient (Wildman–Crippen LogP) is 3.05. The molecule has 1 fully saturated rings. The Morgan fingerprint density at radius 1 is 1.05 bits per heavy atom. The molecule has 4 rings (SSSR count). The van der Waals surface area contributed by atoms with Gasteiger partial charge < -0.3 is 28.8 Å². The average molecular weight is 541 g/mol. The molecule has 1 unspecified atom stereocenters. The van der Waals surface area contributed by atoms with Gasteiger partial charge in [0.25, 0.3) is 5.91 Å². The summed E-state index contributed by atoms with van der Waals surface area (Å²) < 4.78 is 21.9. The number of nitrogens with one attached hydrogen (secondary N) is 1. The summed E-state index contributed by atoms with van der Waals surface area (Å²) in [4.78, 5) is 45.2. The zero-order valence-electron chi connectivity index (χ0n) is 22.9. The van der Waals surface area contributed by atoms with E-state index in [9.17, 15) is 14.4 Å². The Morgan fingerprint density at radius 3 is 2.54 bits per heavy atom. The van der Waals surface area contributed by atoms with Crippen LogP contribution in [0.15, 0.2) is 52.3 Å². The maximum atomic E-state index is 13.5. The van der Waals surface area contributed by atoms with Crippen molar-refractivity contribution in [3.63, 3.8) is 0 Å². The number of benzene rings is 1. The molecule has 3 heterocycles. The molecule has 11 heteroatoms. The number of carbonyl (C=O) groups is 3. The van der Waals surface area contributed by atoms with Gasteiger partial charge >= 0.3 is 12.0 Å². The highest BCUT2D eigenvalue weighted by Gasteiger charge is 2.40. The van der Waals surface area contributed by atoms with E-state index in [0.717, 1.165) is 6.42 Å². The number of hydrogen-bond acceptors (Lipinski definition) is 8. The van der Waals surface area contributed by atoms with Gasteiger partial charge in [0, 0.05) is 50.5 Å². The third kappa shape index (κ3) is 5.88. The topological polar surface area (TPSA) is 114 Å². The smallest absolute Gasteiger partial charge is 0.338 e. The standard InChI is InChI=1S/C28H36N4O7/c1-5-32-20(18-30-13-9-14-31(16-15-30)26(33)22-12-8-17-39-22)23(27(34)38-6-2)24(29-28(32)35)19-10-7-11-21(36-3)25(19)37-4/h7-8,10-12,17,24H,5-6,9,13-16,18H2,1-4H3,(H,29,35). The van der Waals surface area contributed by atoms with E-state index in [-0.39, 0.29) is 18.5 Å². The summed E-state index contributed by atoms with van der Waals surface area (Å²) >= 11 is 0. The summed E-state index contributed by atoms with van der Waals surface area (Å²) in [6.07, 6.45) is 2.22. The van der Waals surface area contributed by atoms with Gasteiger partial charge in [0.1, 0.15) is 0 Å². The summed E-state index contributed by atoms with van der Waals surface area (Å²) in [6, 6.07) is 7.58. The van der Waals surface area contributed by atoms with E-state index in [1.54, 1.807) is 47.1 Å². The Hall–Kier alpha value is -3.99. The van der Waals surface area contributed by atoms with Crippen molar-refractivity contribution in [1.29, 1.82) is 0 Å². The van der Waals surface area contributed by atoms with Crippen LogP contribution in [0.1, 0.15) is 42.4 Å². The lowest BCUT2D eigenvalue weighted by Gasteiger charge is -2.38. The zero-order valence-corrected chi connectivity index (χ0v) is 22.9. The monoisotopic (exact) mass is 540 g/mol. The van der Waals surface area contributed by atoms with Crippen molar-refractivity contribution in [2.24, 2.45) is 0 Å². The molecule has 1 aromatic heterocycles. The van der Waals surface area contributed by atoms with Gasteiger partial charge in [-0.1, -0.05) is 12.1 Å². The lowest BCUT2D eigenvalue weighted by Crippen LogP contribution is -2.51. The van der Waals surface area contributed by atoms with Gasteiger partial charge in [-0.3, -0.25) is 14.6 Å². The SMILES string of the molecule is CCOC(=O)C1=C(CN2CCCN(C(=O)c3ccco3)CC2)N(CC)C(=O)NC1c1cccc(OC)c1OC. The maximum absolute atomic E-state index is 13.5. The Morgan fingerprint density at radius 2 is 1.87 bits per heavy atom. The van der Waals surface area contributed by atoms with Gasteiger partial charge in [0.15, 0.2) is 17.3 Å². The molecule has 210 valence electrons. The Kier molecular flexibility index (Phi) is 9.13. The molecule has 1 N–H and O–H groups in total. The van der Waals surface area contributed by atoms with Crippen LogP contribution in [0.2, 0.25) is 0 Å². The molecule has 2 aromatic rings. The van der Waals surface area contributed by atoms with E-state index in [4.69, 9.17) is 18.6 Å². The van der Waals surface area contributed by atoms with E-state index in [0.29, 0.717) is 73.4 Å². The van der Waals surface area contributed by atoms with E-state index >= 15 is 0 Å². The first-order valence-corrected chi connectivity index (χ1v) is 13.2. The molecule has 0 spiro atoms. The minimum absolute atomic E-state index is 0.148. The largest absolute Gasteiger partial charge is 0.493 e. The van der Waals surface area contributed by atoms with Crippen LogP contribution in [0.5, 0.6) is 11.5 Å². The van der Waals surface area contributed by atoms with Crippen molar-refractivity contribution >= 4 is 17.9 Å². The Balaban J connectivity index is 1.70. The number of methoxy groups -OCH3 is 2. The predicted molar refractivity (Wildman–Crippen MR) is 143 cm³/mol. The van der Waals surface area contributed by atoms with Crippen LogP contribution in [-0.2, 0) is 9.53 Å². The van der Waals surface area contributed by atoms with Crippen molar-refractivity contribution in [1.82, 2.24) is 20.0 Å². The number of para-hydroxylation sites is 1. The van der Waals surface area contributed by atoms with E-state index in [1.807, 2.05) is 6.92 Å². The number of ether oxygens (including phenoxy) is 3. The minimum atomic E-state index is -0.802. The normalized spacial score (nSPS) is 18.5. The van der Waals surface area contributed by atoms with E-state index in [1.165, 1.54) is 20.5 Å². The Bertz CT molecular complexity index is 1210. The fourth-order valence-corrected chi connectivity index (χ4v) is 5.13. The highest BCUT2D eigenvalue weighted by molar-refractivity contribution is 5.95. The van der Waals surface area contributed by atoms with Gasteiger partial charge in [-0.15, -0.1) is 0 Å². The van der Waals surface area contributed by atoms with Crippen molar-refractivity contribution < 1.29 is 33.0 Å². The average Bonchev–Trinajstić information content (AvgIpc) is 3.38. The first-order valence-electron chi connectivity index (χ1n) is 13.2. The molecule has 1 atom stereocenters. The highest BCUT2D eigenvalue weighted by Crippen LogP contribution is 2.40. The first kappa shape index (κ1) is 28.0. The highest BCUT2D eigenvalue weighted by atomic mass is 16.5. The van der Waals surface area contributed by atoms with Gasteiger partial charge in [-0.25, -0.2) is 9.59 Å². The van der Waals surface area contributed by atoms with Crippen LogP contribution in [0.4, 0.5) is 4.79 Å². The lowest BCUT2D eigenvalue weighted by molar-refractivity contribution is -0.139. The molecule has 11 nitrogen and oxygen atoms in total. The van der Waals surface area contributed by atoms with Crippen molar-refractivity contribution in [3.05, 3.63) is 59.2 Å². The number of carbonyl (C=O) groups excluding carboxylic acids is 3. The summed E-state index contributed by atoms with van der Waals surface area (Å²) in [7, 11) is 3.05. The van der Waals surface area contributed by atoms with Crippen molar-refractivity contribution in [2.45, 2.75) is 26.3 Å². The lowest BCUT2D eigenvalue weighted by atomic mass is 9.93. The van der Waals surface area contributed by atoms with Gasteiger partial charge in [0.05, 0.1) is 38.7 Å². The maximum Gasteiger partial charge on any atom is 0.338 e. The minimum Gasteiger partial charge on any atom is -0.493 e. The van der Waals surface area contributed by atoms with E-state index in [2.05, 4.69) is 10.2 Å². The number of furan rings is 1. The van der Waals surface area contributed by atoms with Crippen LogP contribution >= 0.6 is 0 Å². The quantitative estimate of drug-likeness (QED) is 0.483. The van der Waals surface area contributed by atoms with Crippen molar-refractivity contribution in [2.75, 3.05) is 60.1 Å². The number of hydrogen-bond donors (Lipinski definition) is 1. The Labute approximate surface area is 228 Å². The summed E-state index contributed by atoms with van der Waals surface area (Å²) in [6.45, 7) is 6.83. The van der Waals surface area contributed by atoms with Gasteiger partial charge in [-0.2, -0.15) is 0 Å². The fraction of sp³-hybridized carbons (Fsp3) is 0.464. The number of likely N-dealkylation sites (N-methyl/N-ethyl adjacent to an activating group) is 1. The second-order valence-electron chi connectivity index (χ2n) is 9.19. The molecule has 3 amide bonds. The summed E-state index contributed by atoms with van der Waals surface area (Å²) in [5, 5.41) is 2.98. The van der Waals surface area contributed by atoms with Gasteiger partial charge in [0.2, 0.25) is 0 Å². The molecule has 0 radical (unpaired) electrons. The molecule has 39 heavy (non-hydrogen) atoms. The third-order valence-electron chi connectivity index (χ3n) is 6.98. The number of rotatable bonds is 9. The van der Waals surface area contributed by atoms with Crippen LogP contribution in [0, 0.1) is 0 Å². The fourth-order valence-electron chi connectivity index (χ4n) is 5.13. The molecule has 2 aliphatic rings. The number of nitrogens with zero attached hydrogens (tertiary/aromatic N) is 3. The molecular weight excluding hydrogens is 504 g/mol. The van der Waals surface area contributed by atoms with Crippen LogP contribution < -0.4 is 14.8 Å². The number of urea groups is 1. The molecule has 2 aliphatic heterocycles. The van der Waals surface area contributed by atoms with Crippen LogP contribution in [0.3, 0.4) is 0 Å². The summed E-state index contributed by atoms with van der Waals surface area (Å²) in [5.74, 6) is 0.571. The number of esters is 1. The summed E-state index contributed by atoms with van der Waals surface area (Å²) in [5.41, 5.74) is 1.51. The molecule has 0 bridgehead atoms. The molecule has 0 aliphatic carbocycles. The zero-order chi connectivity index (χ0) is 27.9. The molecule has 1 saturated heterocycles. The van der Waals surface area contributed by atoms with Crippen molar-refractivity contribution in [3.8, 4) is 11.5 Å². The molecular formula is C28H36N4O7. The molecule has 1 aromatic carbocycles. The first-order chi connectivity index (χ1) is 18.9. The molecule has 0 saturated carbocycles. The van der Waals surface area contributed by atoms with E-state index < -0.39 is 12.0 Å². The van der Waals surface area contributed by atoms with Crippen LogP contribution in [-0.4, -0.2) is 92.7 Å². The second-order valence-corrected chi connectivity index (χ2v) is 9.19. The number of amides is 3. The third-order valence-corrected chi connectivity index (χ3v) is 6.98. The van der Waals surface area contributed by atoms with Crippen LogP contribution in [0.25, 0.3) is 0 Å².